The van der Waals surface area contributed by atoms with E-state index in [0.717, 1.165) is 24.4 Å². The summed E-state index contributed by atoms with van der Waals surface area (Å²) in [5, 5.41) is 0.772. The average Bonchev–Trinajstić information content (AvgIpc) is 2.52. The van der Waals surface area contributed by atoms with Gasteiger partial charge in [-0.2, -0.15) is 0 Å². The van der Waals surface area contributed by atoms with Crippen LogP contribution in [0.1, 0.15) is 40.9 Å². The van der Waals surface area contributed by atoms with Gasteiger partial charge in [-0.25, -0.2) is 0 Å². The number of rotatable bonds is 4. The normalized spacial score (nSPS) is 19.7. The molecule has 0 saturated carbocycles. The summed E-state index contributed by atoms with van der Waals surface area (Å²) in [6, 6.07) is 14.8. The molecule has 130 valence electrons. The van der Waals surface area contributed by atoms with E-state index in [4.69, 9.17) is 16.3 Å². The summed E-state index contributed by atoms with van der Waals surface area (Å²) >= 11 is 6.02. The molecule has 1 N–H and O–H groups in total. The molecule has 2 atom stereocenters. The molecular formula is C20H25Cl2NO. The van der Waals surface area contributed by atoms with Gasteiger partial charge in [0, 0.05) is 17.9 Å². The highest BCUT2D eigenvalue weighted by atomic mass is 35.5. The Labute approximate surface area is 156 Å². The Morgan fingerprint density at radius 1 is 1.12 bits per heavy atom. The summed E-state index contributed by atoms with van der Waals surface area (Å²) in [5.41, 5.74) is 5.32. The number of benzene rings is 2. The van der Waals surface area contributed by atoms with E-state index in [1.54, 1.807) is 0 Å². The smallest absolute Gasteiger partial charge is 0.0889 e. The van der Waals surface area contributed by atoms with E-state index in [9.17, 15) is 0 Å². The third-order valence-corrected chi connectivity index (χ3v) is 4.78. The molecule has 4 heteroatoms. The summed E-state index contributed by atoms with van der Waals surface area (Å²) in [6.45, 7) is 3.26. The van der Waals surface area contributed by atoms with Crippen LogP contribution in [0.25, 0.3) is 0 Å². The molecule has 0 aliphatic carbocycles. The van der Waals surface area contributed by atoms with Gasteiger partial charge in [-0.05, 0) is 35.7 Å². The standard InChI is InChI=1S/C20H24ClNO.ClH/c1-14-4-9-18-16(12-14)13-20(15-5-7-17(21)8-6-15)23-19(18)10-11-22(2)3;/h4-9,12,19-20H,10-11,13H2,1-3H3;1H. The minimum absolute atomic E-state index is 0. The van der Waals surface area contributed by atoms with Crippen LogP contribution in [0.5, 0.6) is 0 Å². The topological polar surface area (TPSA) is 13.7 Å². The summed E-state index contributed by atoms with van der Waals surface area (Å²) in [4.78, 5) is 1.45. The van der Waals surface area contributed by atoms with Crippen molar-refractivity contribution >= 4 is 11.6 Å². The zero-order valence-corrected chi connectivity index (χ0v) is 16.0. The molecule has 2 nitrogen and oxygen atoms in total. The van der Waals surface area contributed by atoms with Crippen molar-refractivity contribution in [3.63, 3.8) is 0 Å². The van der Waals surface area contributed by atoms with Crippen LogP contribution in [0.4, 0.5) is 0 Å². The molecule has 24 heavy (non-hydrogen) atoms. The molecule has 0 spiro atoms. The molecule has 1 heterocycles. The molecule has 3 rings (SSSR count). The molecule has 1 aliphatic heterocycles. The fourth-order valence-corrected chi connectivity index (χ4v) is 3.39. The summed E-state index contributed by atoms with van der Waals surface area (Å²) in [5.74, 6) is 0. The number of fused-ring (bicyclic) bond motifs is 1. The van der Waals surface area contributed by atoms with Gasteiger partial charge in [0.2, 0.25) is 0 Å². The predicted molar refractivity (Wildman–Crippen MR) is 95.2 cm³/mol. The van der Waals surface area contributed by atoms with Crippen LogP contribution in [0, 0.1) is 6.92 Å². The van der Waals surface area contributed by atoms with E-state index in [2.05, 4.69) is 51.4 Å². The SMILES string of the molecule is Cc1ccc2c(c1)CC(c1ccc(Cl)cc1)OC2CC[NH+](C)C.[Cl-]. The quantitative estimate of drug-likeness (QED) is 0.834. The molecule has 0 amide bonds. The molecule has 1 aliphatic rings. The van der Waals surface area contributed by atoms with Crippen molar-refractivity contribution in [3.05, 3.63) is 69.7 Å². The van der Waals surface area contributed by atoms with Gasteiger partial charge in [0.05, 0.1) is 32.8 Å². The average molecular weight is 366 g/mol. The van der Waals surface area contributed by atoms with Crippen molar-refractivity contribution in [2.24, 2.45) is 0 Å². The minimum atomic E-state index is 0. The zero-order chi connectivity index (χ0) is 16.4. The maximum atomic E-state index is 6.47. The maximum absolute atomic E-state index is 6.47. The third-order valence-electron chi connectivity index (χ3n) is 4.53. The molecule has 0 saturated heterocycles. The highest BCUT2D eigenvalue weighted by Crippen LogP contribution is 2.39. The zero-order valence-electron chi connectivity index (χ0n) is 14.5. The summed E-state index contributed by atoms with van der Waals surface area (Å²) < 4.78 is 6.47. The minimum Gasteiger partial charge on any atom is -1.00 e. The lowest BCUT2D eigenvalue weighted by atomic mass is 9.89. The van der Waals surface area contributed by atoms with E-state index < -0.39 is 0 Å². The Balaban J connectivity index is 0.00000208. The predicted octanol–water partition coefficient (Wildman–Crippen LogP) is 0.542. The number of ether oxygens (including phenoxy) is 1. The van der Waals surface area contributed by atoms with Gasteiger partial charge in [-0.15, -0.1) is 0 Å². The Hall–Kier alpha value is -1.06. The van der Waals surface area contributed by atoms with Crippen LogP contribution < -0.4 is 17.3 Å². The summed E-state index contributed by atoms with van der Waals surface area (Å²) in [6.07, 6.45) is 2.27. The molecular weight excluding hydrogens is 341 g/mol. The van der Waals surface area contributed by atoms with E-state index in [1.165, 1.54) is 27.2 Å². The lowest BCUT2D eigenvalue weighted by molar-refractivity contribution is -0.859. The van der Waals surface area contributed by atoms with Crippen molar-refractivity contribution < 1.29 is 22.0 Å². The van der Waals surface area contributed by atoms with Crippen LogP contribution in [-0.4, -0.2) is 20.6 Å². The highest BCUT2D eigenvalue weighted by Gasteiger charge is 2.28. The van der Waals surface area contributed by atoms with Crippen molar-refractivity contribution in [2.75, 3.05) is 20.6 Å². The first-order chi connectivity index (χ1) is 11.0. The molecule has 0 fully saturated rings. The van der Waals surface area contributed by atoms with Gasteiger partial charge in [0.15, 0.2) is 0 Å². The van der Waals surface area contributed by atoms with Gasteiger partial charge in [0.1, 0.15) is 0 Å². The van der Waals surface area contributed by atoms with Crippen molar-refractivity contribution in [2.45, 2.75) is 32.0 Å². The van der Waals surface area contributed by atoms with Gasteiger partial charge < -0.3 is 22.0 Å². The first-order valence-corrected chi connectivity index (χ1v) is 8.70. The second-order valence-electron chi connectivity index (χ2n) is 6.82. The lowest BCUT2D eigenvalue weighted by Crippen LogP contribution is -3.05. The molecule has 2 unspecified atom stereocenters. The Bertz CT molecular complexity index is 670. The largest absolute Gasteiger partial charge is 1.00 e. The van der Waals surface area contributed by atoms with Gasteiger partial charge in [-0.1, -0.05) is 47.5 Å². The second-order valence-corrected chi connectivity index (χ2v) is 7.25. The lowest BCUT2D eigenvalue weighted by Gasteiger charge is -2.33. The van der Waals surface area contributed by atoms with Crippen LogP contribution in [0.2, 0.25) is 5.02 Å². The van der Waals surface area contributed by atoms with Crippen LogP contribution in [0.15, 0.2) is 42.5 Å². The van der Waals surface area contributed by atoms with Crippen LogP contribution in [0.3, 0.4) is 0 Å². The van der Waals surface area contributed by atoms with E-state index in [1.807, 2.05) is 12.1 Å². The summed E-state index contributed by atoms with van der Waals surface area (Å²) in [7, 11) is 4.38. The van der Waals surface area contributed by atoms with Crippen LogP contribution >= 0.6 is 11.6 Å². The van der Waals surface area contributed by atoms with Gasteiger partial charge >= 0.3 is 0 Å². The fourth-order valence-electron chi connectivity index (χ4n) is 3.26. The number of quaternary nitrogens is 1. The monoisotopic (exact) mass is 365 g/mol. The number of hydrogen-bond acceptors (Lipinski definition) is 1. The van der Waals surface area contributed by atoms with Gasteiger partial charge in [0.25, 0.3) is 0 Å². The molecule has 2 aromatic rings. The molecule has 0 bridgehead atoms. The van der Waals surface area contributed by atoms with Crippen molar-refractivity contribution in [1.82, 2.24) is 0 Å². The number of halogens is 2. The Kier molecular flexibility index (Phi) is 6.70. The van der Waals surface area contributed by atoms with E-state index in [-0.39, 0.29) is 24.6 Å². The van der Waals surface area contributed by atoms with Gasteiger partial charge in [-0.3, -0.25) is 0 Å². The fraction of sp³-hybridized carbons (Fsp3) is 0.400. The van der Waals surface area contributed by atoms with Crippen molar-refractivity contribution in [1.29, 1.82) is 0 Å². The highest BCUT2D eigenvalue weighted by molar-refractivity contribution is 6.30. The van der Waals surface area contributed by atoms with Crippen molar-refractivity contribution in [3.8, 4) is 0 Å². The Morgan fingerprint density at radius 2 is 1.83 bits per heavy atom. The maximum Gasteiger partial charge on any atom is 0.0889 e. The molecule has 0 aromatic heterocycles. The van der Waals surface area contributed by atoms with Crippen LogP contribution in [-0.2, 0) is 11.2 Å². The second kappa shape index (κ2) is 8.35. The molecule has 2 aromatic carbocycles. The number of hydrogen-bond donors (Lipinski definition) is 1. The Morgan fingerprint density at radius 3 is 2.50 bits per heavy atom. The van der Waals surface area contributed by atoms with E-state index in [0.29, 0.717) is 0 Å². The first kappa shape index (κ1) is 19.3. The van der Waals surface area contributed by atoms with E-state index >= 15 is 0 Å². The number of aryl methyl sites for hydroxylation is 1. The molecule has 0 radical (unpaired) electrons. The third kappa shape index (κ3) is 4.52. The first-order valence-electron chi connectivity index (χ1n) is 8.32. The number of nitrogens with one attached hydrogen (secondary N) is 1.